The molecule has 0 spiro atoms. The fourth-order valence-corrected chi connectivity index (χ4v) is 0.664. The molecule has 0 aliphatic rings. The van der Waals surface area contributed by atoms with Crippen LogP contribution in [0.25, 0.3) is 0 Å². The fourth-order valence-electron chi connectivity index (χ4n) is 0.664. The minimum Gasteiger partial charge on any atom is -0.463 e. The fraction of sp³-hybridized carbons (Fsp3) is 0.889. The molecule has 0 bridgehead atoms. The highest BCUT2D eigenvalue weighted by Gasteiger charge is 2.06. The summed E-state index contributed by atoms with van der Waals surface area (Å²) in [4.78, 5) is 10.7. The highest BCUT2D eigenvalue weighted by Crippen LogP contribution is 1.95. The highest BCUT2D eigenvalue weighted by molar-refractivity contribution is 5.68. The lowest BCUT2D eigenvalue weighted by Crippen LogP contribution is -2.22. The molecule has 4 nitrogen and oxygen atoms in total. The largest absolute Gasteiger partial charge is 0.463 e. The van der Waals surface area contributed by atoms with Crippen LogP contribution in [0.15, 0.2) is 0 Å². The third kappa shape index (κ3) is 7.74. The molecule has 0 fully saturated rings. The second-order valence-electron chi connectivity index (χ2n) is 3.03. The molecule has 0 aliphatic heterocycles. The van der Waals surface area contributed by atoms with Gasteiger partial charge in [-0.15, -0.1) is 0 Å². The molecule has 78 valence electrons. The normalized spacial score (nSPS) is 15.1. The Balaban J connectivity index is 3.40. The molecule has 0 aliphatic carbocycles. The van der Waals surface area contributed by atoms with Gasteiger partial charge in [-0.05, 0) is 13.8 Å². The number of esters is 1. The van der Waals surface area contributed by atoms with Gasteiger partial charge in [0.15, 0.2) is 0 Å². The molecule has 2 atom stereocenters. The summed E-state index contributed by atoms with van der Waals surface area (Å²) in [6.07, 6.45) is -0.266. The SMILES string of the molecule is CCC(=O)OCC(C)OCC(C)O. The molecule has 0 radical (unpaired) electrons. The quantitative estimate of drug-likeness (QED) is 0.627. The number of ether oxygens (including phenoxy) is 2. The van der Waals surface area contributed by atoms with Crippen LogP contribution < -0.4 is 0 Å². The van der Waals surface area contributed by atoms with Gasteiger partial charge in [-0.1, -0.05) is 6.92 Å². The molecular formula is C9H18O4. The van der Waals surface area contributed by atoms with E-state index in [1.165, 1.54) is 0 Å². The zero-order chi connectivity index (χ0) is 10.3. The summed E-state index contributed by atoms with van der Waals surface area (Å²) in [7, 11) is 0. The van der Waals surface area contributed by atoms with Crippen molar-refractivity contribution in [1.82, 2.24) is 0 Å². The lowest BCUT2D eigenvalue weighted by Gasteiger charge is -2.14. The molecule has 4 heteroatoms. The van der Waals surface area contributed by atoms with Crippen LogP contribution in [0.4, 0.5) is 0 Å². The predicted molar refractivity (Wildman–Crippen MR) is 48.3 cm³/mol. The van der Waals surface area contributed by atoms with Crippen molar-refractivity contribution < 1.29 is 19.4 Å². The van der Waals surface area contributed by atoms with Crippen LogP contribution >= 0.6 is 0 Å². The monoisotopic (exact) mass is 190 g/mol. The first-order valence-electron chi connectivity index (χ1n) is 4.51. The van der Waals surface area contributed by atoms with Crippen molar-refractivity contribution in [3.63, 3.8) is 0 Å². The molecule has 0 aromatic carbocycles. The number of carbonyl (C=O) groups is 1. The zero-order valence-corrected chi connectivity index (χ0v) is 8.45. The molecule has 0 aromatic heterocycles. The van der Waals surface area contributed by atoms with E-state index in [1.54, 1.807) is 20.8 Å². The molecule has 1 N–H and O–H groups in total. The first kappa shape index (κ1) is 12.4. The second-order valence-corrected chi connectivity index (χ2v) is 3.03. The summed E-state index contributed by atoms with van der Waals surface area (Å²) in [6, 6.07) is 0. The maximum absolute atomic E-state index is 10.7. The van der Waals surface area contributed by atoms with Crippen molar-refractivity contribution in [2.45, 2.75) is 39.4 Å². The van der Waals surface area contributed by atoms with Crippen molar-refractivity contribution in [2.24, 2.45) is 0 Å². The minimum absolute atomic E-state index is 0.162. The maximum Gasteiger partial charge on any atom is 0.305 e. The van der Waals surface area contributed by atoms with E-state index in [1.807, 2.05) is 0 Å². The Bertz CT molecular complexity index is 145. The number of hydrogen-bond acceptors (Lipinski definition) is 4. The smallest absolute Gasteiger partial charge is 0.305 e. The van der Waals surface area contributed by atoms with E-state index in [2.05, 4.69) is 0 Å². The molecule has 13 heavy (non-hydrogen) atoms. The molecular weight excluding hydrogens is 172 g/mol. The summed E-state index contributed by atoms with van der Waals surface area (Å²) in [6.45, 7) is 5.70. The second kappa shape index (κ2) is 6.86. The Kier molecular flexibility index (Phi) is 6.54. The standard InChI is InChI=1S/C9H18O4/c1-4-9(11)13-6-8(3)12-5-7(2)10/h7-8,10H,4-6H2,1-3H3. The van der Waals surface area contributed by atoms with E-state index in [0.717, 1.165) is 0 Å². The average Bonchev–Trinajstić information content (AvgIpc) is 2.10. The van der Waals surface area contributed by atoms with Gasteiger partial charge in [-0.2, -0.15) is 0 Å². The van der Waals surface area contributed by atoms with Crippen molar-refractivity contribution in [2.75, 3.05) is 13.2 Å². The van der Waals surface area contributed by atoms with E-state index in [-0.39, 0.29) is 25.3 Å². The van der Waals surface area contributed by atoms with Crippen LogP contribution in [0.5, 0.6) is 0 Å². The van der Waals surface area contributed by atoms with Gasteiger partial charge in [0.1, 0.15) is 6.61 Å². The van der Waals surface area contributed by atoms with E-state index in [4.69, 9.17) is 14.6 Å². The van der Waals surface area contributed by atoms with Gasteiger partial charge in [0.05, 0.1) is 18.8 Å². The van der Waals surface area contributed by atoms with E-state index < -0.39 is 6.10 Å². The van der Waals surface area contributed by atoms with Crippen LogP contribution in [-0.2, 0) is 14.3 Å². The lowest BCUT2D eigenvalue weighted by atomic mass is 10.4. The predicted octanol–water partition coefficient (Wildman–Crippen LogP) is 0.726. The summed E-state index contributed by atoms with van der Waals surface area (Å²) in [5.41, 5.74) is 0. The number of carbonyl (C=O) groups excluding carboxylic acids is 1. The van der Waals surface area contributed by atoms with Crippen molar-refractivity contribution >= 4 is 5.97 Å². The topological polar surface area (TPSA) is 55.8 Å². The van der Waals surface area contributed by atoms with Gasteiger partial charge in [-0.3, -0.25) is 4.79 Å². The Morgan fingerprint density at radius 3 is 2.46 bits per heavy atom. The Labute approximate surface area is 78.8 Å². The molecule has 0 saturated carbocycles. The van der Waals surface area contributed by atoms with Crippen LogP contribution in [-0.4, -0.2) is 36.5 Å². The van der Waals surface area contributed by atoms with Gasteiger partial charge in [0.25, 0.3) is 0 Å². The molecule has 2 unspecified atom stereocenters. The van der Waals surface area contributed by atoms with Gasteiger partial charge in [0, 0.05) is 6.42 Å². The van der Waals surface area contributed by atoms with Crippen molar-refractivity contribution in [3.05, 3.63) is 0 Å². The Morgan fingerprint density at radius 2 is 2.00 bits per heavy atom. The van der Waals surface area contributed by atoms with Crippen LogP contribution in [0.2, 0.25) is 0 Å². The van der Waals surface area contributed by atoms with Gasteiger partial charge in [-0.25, -0.2) is 0 Å². The zero-order valence-electron chi connectivity index (χ0n) is 8.45. The van der Waals surface area contributed by atoms with Crippen LogP contribution in [0, 0.1) is 0 Å². The van der Waals surface area contributed by atoms with Gasteiger partial charge < -0.3 is 14.6 Å². The van der Waals surface area contributed by atoms with E-state index in [9.17, 15) is 4.79 Å². The lowest BCUT2D eigenvalue weighted by molar-refractivity contribution is -0.147. The van der Waals surface area contributed by atoms with E-state index >= 15 is 0 Å². The third-order valence-corrected chi connectivity index (χ3v) is 1.39. The Morgan fingerprint density at radius 1 is 1.38 bits per heavy atom. The van der Waals surface area contributed by atoms with Crippen molar-refractivity contribution in [3.8, 4) is 0 Å². The van der Waals surface area contributed by atoms with E-state index in [0.29, 0.717) is 6.42 Å². The number of rotatable bonds is 6. The van der Waals surface area contributed by atoms with Crippen LogP contribution in [0.1, 0.15) is 27.2 Å². The first-order valence-corrected chi connectivity index (χ1v) is 4.51. The molecule has 0 heterocycles. The summed E-state index contributed by atoms with van der Waals surface area (Å²) in [5.74, 6) is -0.229. The van der Waals surface area contributed by atoms with Crippen LogP contribution in [0.3, 0.4) is 0 Å². The Hall–Kier alpha value is -0.610. The average molecular weight is 190 g/mol. The first-order chi connectivity index (χ1) is 6.06. The maximum atomic E-state index is 10.7. The summed E-state index contributed by atoms with van der Waals surface area (Å²) < 4.78 is 10.0. The summed E-state index contributed by atoms with van der Waals surface area (Å²) >= 11 is 0. The number of aliphatic hydroxyl groups is 1. The number of aliphatic hydroxyl groups excluding tert-OH is 1. The third-order valence-electron chi connectivity index (χ3n) is 1.39. The molecule has 0 rings (SSSR count). The van der Waals surface area contributed by atoms with Gasteiger partial charge >= 0.3 is 5.97 Å². The number of hydrogen-bond donors (Lipinski definition) is 1. The molecule has 0 aromatic rings. The van der Waals surface area contributed by atoms with Crippen molar-refractivity contribution in [1.29, 1.82) is 0 Å². The molecule has 0 amide bonds. The minimum atomic E-state index is -0.482. The van der Waals surface area contributed by atoms with Gasteiger partial charge in [0.2, 0.25) is 0 Å². The summed E-state index contributed by atoms with van der Waals surface area (Å²) in [5, 5.41) is 8.89. The highest BCUT2D eigenvalue weighted by atomic mass is 16.6. The molecule has 0 saturated heterocycles.